The molecular weight excluding hydrogens is 292 g/mol. The largest absolute Gasteiger partial charge is 0.365 e. The van der Waals surface area contributed by atoms with Crippen LogP contribution in [0.1, 0.15) is 22.3 Å². The number of nitrogens with zero attached hydrogens (tertiary/aromatic N) is 2. The third kappa shape index (κ3) is 2.36. The molecule has 112 valence electrons. The summed E-state index contributed by atoms with van der Waals surface area (Å²) < 4.78 is 0. The maximum atomic E-state index is 4.44. The van der Waals surface area contributed by atoms with E-state index in [2.05, 4.69) is 51.1 Å². The molecule has 0 spiro atoms. The highest BCUT2D eigenvalue weighted by atomic mass is 32.1. The summed E-state index contributed by atoms with van der Waals surface area (Å²) >= 11 is 1.67. The molecule has 2 N–H and O–H groups in total. The average molecular weight is 310 g/mol. The van der Waals surface area contributed by atoms with Gasteiger partial charge in [0.25, 0.3) is 0 Å². The average Bonchev–Trinajstić information content (AvgIpc) is 2.95. The fraction of sp³-hybridized carbons (Fsp3) is 0.294. The number of fused-ring (bicyclic) bond motifs is 2. The summed E-state index contributed by atoms with van der Waals surface area (Å²) in [5.41, 5.74) is 5.52. The van der Waals surface area contributed by atoms with E-state index >= 15 is 0 Å². The van der Waals surface area contributed by atoms with E-state index in [1.807, 2.05) is 0 Å². The highest BCUT2D eigenvalue weighted by molar-refractivity contribution is 7.17. The Kier molecular flexibility index (Phi) is 3.52. The highest BCUT2D eigenvalue weighted by Gasteiger charge is 2.13. The number of thiophene rings is 1. The molecule has 0 fully saturated rings. The van der Waals surface area contributed by atoms with Gasteiger partial charge in [-0.1, -0.05) is 18.2 Å². The zero-order valence-electron chi connectivity index (χ0n) is 12.5. The lowest BCUT2D eigenvalue weighted by Gasteiger charge is -2.20. The zero-order chi connectivity index (χ0) is 14.9. The van der Waals surface area contributed by atoms with Crippen molar-refractivity contribution in [3.63, 3.8) is 0 Å². The molecule has 2 aromatic heterocycles. The molecule has 4 nitrogen and oxygen atoms in total. The lowest BCUT2D eigenvalue weighted by Crippen LogP contribution is -2.25. The Labute approximate surface area is 133 Å². The van der Waals surface area contributed by atoms with Crippen LogP contribution in [0.5, 0.6) is 0 Å². The van der Waals surface area contributed by atoms with Crippen LogP contribution in [0, 0.1) is 6.92 Å². The van der Waals surface area contributed by atoms with Gasteiger partial charge < -0.3 is 10.6 Å². The lowest BCUT2D eigenvalue weighted by molar-refractivity contribution is 0.639. The number of rotatable bonds is 3. The maximum Gasteiger partial charge on any atom is 0.138 e. The van der Waals surface area contributed by atoms with E-state index in [4.69, 9.17) is 0 Å². The van der Waals surface area contributed by atoms with Crippen molar-refractivity contribution in [1.29, 1.82) is 0 Å². The molecule has 0 amide bonds. The number of nitrogens with one attached hydrogen (secondary N) is 2. The minimum Gasteiger partial charge on any atom is -0.365 e. The van der Waals surface area contributed by atoms with Gasteiger partial charge >= 0.3 is 0 Å². The minimum atomic E-state index is 0.810. The third-order valence-electron chi connectivity index (χ3n) is 4.24. The first-order chi connectivity index (χ1) is 10.8. The Morgan fingerprint density at radius 3 is 3.23 bits per heavy atom. The summed E-state index contributed by atoms with van der Waals surface area (Å²) in [6.45, 7) is 4.96. The summed E-state index contributed by atoms with van der Waals surface area (Å²) in [5.74, 6) is 0.940. The Bertz CT molecular complexity index is 825. The second-order valence-electron chi connectivity index (χ2n) is 5.66. The summed E-state index contributed by atoms with van der Waals surface area (Å²) in [6, 6.07) is 6.58. The van der Waals surface area contributed by atoms with Crippen LogP contribution in [0.4, 0.5) is 5.82 Å². The van der Waals surface area contributed by atoms with Gasteiger partial charge in [-0.25, -0.2) is 9.97 Å². The van der Waals surface area contributed by atoms with Crippen LogP contribution in [0.25, 0.3) is 10.2 Å². The monoisotopic (exact) mass is 310 g/mol. The van der Waals surface area contributed by atoms with E-state index < -0.39 is 0 Å². The second kappa shape index (κ2) is 5.66. The predicted octanol–water partition coefficient (Wildman–Crippen LogP) is 3.26. The number of anilines is 1. The summed E-state index contributed by atoms with van der Waals surface area (Å²) in [5, 5.41) is 10.2. The summed E-state index contributed by atoms with van der Waals surface area (Å²) in [6.07, 6.45) is 2.74. The van der Waals surface area contributed by atoms with E-state index in [0.717, 1.165) is 42.1 Å². The van der Waals surface area contributed by atoms with Gasteiger partial charge in [0.05, 0.1) is 5.39 Å². The lowest BCUT2D eigenvalue weighted by atomic mass is 9.95. The molecule has 0 atom stereocenters. The van der Waals surface area contributed by atoms with Crippen LogP contribution >= 0.6 is 11.3 Å². The molecule has 3 aromatic rings. The summed E-state index contributed by atoms with van der Waals surface area (Å²) in [4.78, 5) is 9.84. The van der Waals surface area contributed by atoms with Gasteiger partial charge in [-0.15, -0.1) is 11.3 Å². The van der Waals surface area contributed by atoms with Crippen molar-refractivity contribution in [2.24, 2.45) is 0 Å². The van der Waals surface area contributed by atoms with Crippen molar-refractivity contribution < 1.29 is 0 Å². The van der Waals surface area contributed by atoms with Crippen molar-refractivity contribution in [2.45, 2.75) is 26.4 Å². The highest BCUT2D eigenvalue weighted by Crippen LogP contribution is 2.29. The number of hydrogen-bond acceptors (Lipinski definition) is 5. The van der Waals surface area contributed by atoms with Crippen molar-refractivity contribution in [3.8, 4) is 0 Å². The number of benzene rings is 1. The first-order valence-corrected chi connectivity index (χ1v) is 8.44. The molecule has 22 heavy (non-hydrogen) atoms. The summed E-state index contributed by atoms with van der Waals surface area (Å²) in [7, 11) is 0. The second-order valence-corrected chi connectivity index (χ2v) is 6.51. The topological polar surface area (TPSA) is 49.8 Å². The normalized spacial score (nSPS) is 14.0. The minimum absolute atomic E-state index is 0.810. The van der Waals surface area contributed by atoms with E-state index in [-0.39, 0.29) is 0 Å². The molecule has 3 heterocycles. The van der Waals surface area contributed by atoms with Gasteiger partial charge in [-0.2, -0.15) is 0 Å². The SMILES string of the molecule is Cc1csc2ncnc(NCc3cccc4c3CCNC4)c12. The molecule has 0 bridgehead atoms. The molecule has 0 aliphatic carbocycles. The van der Waals surface area contributed by atoms with Crippen LogP contribution in [-0.2, 0) is 19.5 Å². The Morgan fingerprint density at radius 1 is 1.32 bits per heavy atom. The van der Waals surface area contributed by atoms with Gasteiger partial charge in [0.2, 0.25) is 0 Å². The molecule has 5 heteroatoms. The van der Waals surface area contributed by atoms with Crippen molar-refractivity contribution in [1.82, 2.24) is 15.3 Å². The van der Waals surface area contributed by atoms with Gasteiger partial charge in [-0.05, 0) is 47.5 Å². The van der Waals surface area contributed by atoms with E-state index in [9.17, 15) is 0 Å². The third-order valence-corrected chi connectivity index (χ3v) is 5.24. The molecule has 4 rings (SSSR count). The molecule has 1 aliphatic rings. The molecule has 0 radical (unpaired) electrons. The van der Waals surface area contributed by atoms with Crippen LogP contribution in [0.15, 0.2) is 29.9 Å². The predicted molar refractivity (Wildman–Crippen MR) is 91.3 cm³/mol. The number of hydrogen-bond donors (Lipinski definition) is 2. The van der Waals surface area contributed by atoms with Crippen molar-refractivity contribution in [3.05, 3.63) is 52.2 Å². The smallest absolute Gasteiger partial charge is 0.138 e. The van der Waals surface area contributed by atoms with Gasteiger partial charge in [-0.3, -0.25) is 0 Å². The zero-order valence-corrected chi connectivity index (χ0v) is 13.3. The van der Waals surface area contributed by atoms with E-state index in [0.29, 0.717) is 0 Å². The number of aryl methyl sites for hydroxylation is 1. The van der Waals surface area contributed by atoms with Crippen molar-refractivity contribution >= 4 is 27.4 Å². The molecule has 1 aromatic carbocycles. The molecule has 0 unspecified atom stereocenters. The van der Waals surface area contributed by atoms with E-state index in [1.54, 1.807) is 17.7 Å². The van der Waals surface area contributed by atoms with Gasteiger partial charge in [0.15, 0.2) is 0 Å². The first-order valence-electron chi connectivity index (χ1n) is 7.56. The Morgan fingerprint density at radius 2 is 2.27 bits per heavy atom. The Balaban J connectivity index is 1.64. The Hall–Kier alpha value is -1.98. The van der Waals surface area contributed by atoms with Crippen molar-refractivity contribution in [2.75, 3.05) is 11.9 Å². The molecule has 0 saturated carbocycles. The van der Waals surface area contributed by atoms with E-state index in [1.165, 1.54) is 22.3 Å². The van der Waals surface area contributed by atoms with Crippen LogP contribution in [0.2, 0.25) is 0 Å². The first kappa shape index (κ1) is 13.7. The molecular formula is C17H18N4S. The fourth-order valence-corrected chi connectivity index (χ4v) is 4.00. The standard InChI is InChI=1S/C17H18N4S/c1-11-9-22-17-15(11)16(20-10-21-17)19-8-13-4-2-3-12-7-18-6-5-14(12)13/h2-4,9-10,18H,5-8H2,1H3,(H,19,20,21). The molecule has 1 aliphatic heterocycles. The van der Waals surface area contributed by atoms with Crippen LogP contribution in [-0.4, -0.2) is 16.5 Å². The number of aromatic nitrogens is 2. The molecule has 0 saturated heterocycles. The fourth-order valence-electron chi connectivity index (χ4n) is 3.11. The maximum absolute atomic E-state index is 4.44. The van der Waals surface area contributed by atoms with Crippen LogP contribution < -0.4 is 10.6 Å². The van der Waals surface area contributed by atoms with Gasteiger partial charge in [0, 0.05) is 13.1 Å². The van der Waals surface area contributed by atoms with Crippen LogP contribution in [0.3, 0.4) is 0 Å². The quantitative estimate of drug-likeness (QED) is 0.779. The van der Waals surface area contributed by atoms with Gasteiger partial charge in [0.1, 0.15) is 17.0 Å².